The minimum absolute atomic E-state index is 0.0886. The summed E-state index contributed by atoms with van der Waals surface area (Å²) in [6.07, 6.45) is 10.3. The smallest absolute Gasteiger partial charge is 0.286 e. The fourth-order valence-corrected chi connectivity index (χ4v) is 3.96. The molecule has 0 saturated heterocycles. The standard InChI is InChI=1S/C19H31NO4/c1-2-23-19-15(10-5-11-21)16(13-6-3-7-13)12-17(24-19)18(22)20-14-8-4-9-14/h12-16,19,21H,2-11H2,1H3,(H,20,22)/t15-,16-,19-/m0/s1. The number of ether oxygens (including phenoxy) is 2. The van der Waals surface area contributed by atoms with Gasteiger partial charge in [-0.05, 0) is 69.8 Å². The summed E-state index contributed by atoms with van der Waals surface area (Å²) in [5.74, 6) is 1.51. The van der Waals surface area contributed by atoms with Crippen LogP contribution >= 0.6 is 0 Å². The summed E-state index contributed by atoms with van der Waals surface area (Å²) in [6.45, 7) is 2.71. The van der Waals surface area contributed by atoms with Crippen molar-refractivity contribution in [3.63, 3.8) is 0 Å². The number of nitrogens with one attached hydrogen (secondary N) is 1. The van der Waals surface area contributed by atoms with Gasteiger partial charge in [0.1, 0.15) is 0 Å². The Balaban J connectivity index is 1.74. The highest BCUT2D eigenvalue weighted by atomic mass is 16.7. The van der Waals surface area contributed by atoms with E-state index in [1.54, 1.807) is 0 Å². The highest BCUT2D eigenvalue weighted by molar-refractivity contribution is 5.91. The molecule has 0 unspecified atom stereocenters. The molecule has 1 amide bonds. The van der Waals surface area contributed by atoms with E-state index in [1.165, 1.54) is 25.7 Å². The molecule has 0 bridgehead atoms. The fourth-order valence-electron chi connectivity index (χ4n) is 3.96. The average molecular weight is 337 g/mol. The van der Waals surface area contributed by atoms with Crippen LogP contribution in [0.1, 0.15) is 58.3 Å². The summed E-state index contributed by atoms with van der Waals surface area (Å²) in [6, 6.07) is 0.307. The van der Waals surface area contributed by atoms with Crippen molar-refractivity contribution in [2.24, 2.45) is 17.8 Å². The number of hydrogen-bond acceptors (Lipinski definition) is 4. The van der Waals surface area contributed by atoms with Crippen molar-refractivity contribution in [2.45, 2.75) is 70.6 Å². The zero-order valence-electron chi connectivity index (χ0n) is 14.7. The third-order valence-corrected chi connectivity index (χ3v) is 5.82. The summed E-state index contributed by atoms with van der Waals surface area (Å²) in [4.78, 5) is 12.5. The van der Waals surface area contributed by atoms with Crippen LogP contribution in [0.15, 0.2) is 11.8 Å². The minimum Gasteiger partial charge on any atom is -0.459 e. The van der Waals surface area contributed by atoms with Crippen LogP contribution < -0.4 is 5.32 Å². The van der Waals surface area contributed by atoms with Gasteiger partial charge in [0.15, 0.2) is 5.76 Å². The first-order chi connectivity index (χ1) is 11.7. The summed E-state index contributed by atoms with van der Waals surface area (Å²) >= 11 is 0. The van der Waals surface area contributed by atoms with Gasteiger partial charge in [0.05, 0.1) is 0 Å². The number of rotatable bonds is 8. The van der Waals surface area contributed by atoms with E-state index >= 15 is 0 Å². The molecular formula is C19H31NO4. The van der Waals surface area contributed by atoms with E-state index in [2.05, 4.69) is 11.4 Å². The van der Waals surface area contributed by atoms with Crippen molar-refractivity contribution in [1.82, 2.24) is 5.32 Å². The van der Waals surface area contributed by atoms with Crippen LogP contribution in [0.3, 0.4) is 0 Å². The van der Waals surface area contributed by atoms with Gasteiger partial charge in [0, 0.05) is 25.2 Å². The van der Waals surface area contributed by atoms with E-state index in [0.717, 1.165) is 25.7 Å². The molecule has 3 aliphatic rings. The normalized spacial score (nSPS) is 30.8. The summed E-state index contributed by atoms with van der Waals surface area (Å²) in [5, 5.41) is 12.3. The molecule has 5 nitrogen and oxygen atoms in total. The molecule has 5 heteroatoms. The molecule has 1 aliphatic heterocycles. The lowest BCUT2D eigenvalue weighted by Crippen LogP contribution is -2.45. The Labute approximate surface area is 144 Å². The SMILES string of the molecule is CCO[C@H]1OC(C(=O)NC2CCC2)=C[C@@H](C2CCC2)[C@@H]1CCCO. The van der Waals surface area contributed by atoms with E-state index < -0.39 is 0 Å². The Morgan fingerprint density at radius 3 is 2.62 bits per heavy atom. The molecule has 2 saturated carbocycles. The highest BCUT2D eigenvalue weighted by Crippen LogP contribution is 2.44. The number of carbonyl (C=O) groups excluding carboxylic acids is 1. The summed E-state index contributed by atoms with van der Waals surface area (Å²) in [7, 11) is 0. The van der Waals surface area contributed by atoms with Crippen LogP contribution in [0.2, 0.25) is 0 Å². The van der Waals surface area contributed by atoms with Crippen molar-refractivity contribution < 1.29 is 19.4 Å². The third kappa shape index (κ3) is 3.94. The number of allylic oxidation sites excluding steroid dienone is 1. The van der Waals surface area contributed by atoms with Gasteiger partial charge in [-0.2, -0.15) is 0 Å². The molecule has 2 aliphatic carbocycles. The van der Waals surface area contributed by atoms with Gasteiger partial charge in [-0.15, -0.1) is 0 Å². The molecule has 0 aromatic rings. The van der Waals surface area contributed by atoms with Gasteiger partial charge in [-0.3, -0.25) is 4.79 Å². The molecule has 2 fully saturated rings. The Morgan fingerprint density at radius 1 is 1.33 bits per heavy atom. The second kappa shape index (κ2) is 8.34. The lowest BCUT2D eigenvalue weighted by atomic mass is 9.68. The molecule has 0 aromatic carbocycles. The van der Waals surface area contributed by atoms with Gasteiger partial charge in [-0.25, -0.2) is 0 Å². The first-order valence-electron chi connectivity index (χ1n) is 9.64. The van der Waals surface area contributed by atoms with E-state index in [1.807, 2.05) is 6.92 Å². The van der Waals surface area contributed by atoms with Crippen LogP contribution in [0.25, 0.3) is 0 Å². The Bertz CT molecular complexity index is 456. The quantitative estimate of drug-likeness (QED) is 0.715. The fraction of sp³-hybridized carbons (Fsp3) is 0.842. The largest absolute Gasteiger partial charge is 0.459 e. The summed E-state index contributed by atoms with van der Waals surface area (Å²) < 4.78 is 11.8. The van der Waals surface area contributed by atoms with Crippen LogP contribution in [-0.4, -0.2) is 36.6 Å². The topological polar surface area (TPSA) is 67.8 Å². The van der Waals surface area contributed by atoms with Crippen molar-refractivity contribution >= 4 is 5.91 Å². The second-order valence-corrected chi connectivity index (χ2v) is 7.37. The zero-order valence-corrected chi connectivity index (χ0v) is 14.7. The number of aliphatic hydroxyl groups excluding tert-OH is 1. The number of aliphatic hydroxyl groups is 1. The number of carbonyl (C=O) groups is 1. The number of amides is 1. The van der Waals surface area contributed by atoms with Gasteiger partial charge in [0.2, 0.25) is 6.29 Å². The lowest BCUT2D eigenvalue weighted by molar-refractivity contribution is -0.178. The van der Waals surface area contributed by atoms with Crippen LogP contribution in [0, 0.1) is 17.8 Å². The Kier molecular flexibility index (Phi) is 6.17. The molecule has 0 spiro atoms. The molecule has 3 atom stereocenters. The maximum atomic E-state index is 12.5. The summed E-state index contributed by atoms with van der Waals surface area (Å²) in [5.41, 5.74) is 0. The molecule has 3 rings (SSSR count). The van der Waals surface area contributed by atoms with Crippen LogP contribution in [0.5, 0.6) is 0 Å². The maximum absolute atomic E-state index is 12.5. The monoisotopic (exact) mass is 337 g/mol. The molecule has 1 heterocycles. The van der Waals surface area contributed by atoms with Gasteiger partial charge in [-0.1, -0.05) is 6.42 Å². The van der Waals surface area contributed by atoms with Crippen molar-refractivity contribution in [3.05, 3.63) is 11.8 Å². The molecular weight excluding hydrogens is 306 g/mol. The van der Waals surface area contributed by atoms with Crippen molar-refractivity contribution in [2.75, 3.05) is 13.2 Å². The Morgan fingerprint density at radius 2 is 2.08 bits per heavy atom. The van der Waals surface area contributed by atoms with Crippen LogP contribution in [-0.2, 0) is 14.3 Å². The Hall–Kier alpha value is -1.07. The van der Waals surface area contributed by atoms with E-state index in [4.69, 9.17) is 9.47 Å². The van der Waals surface area contributed by atoms with Gasteiger partial charge < -0.3 is 19.9 Å². The first-order valence-corrected chi connectivity index (χ1v) is 9.64. The zero-order chi connectivity index (χ0) is 16.9. The van der Waals surface area contributed by atoms with Gasteiger partial charge >= 0.3 is 0 Å². The van der Waals surface area contributed by atoms with E-state index in [-0.39, 0.29) is 24.7 Å². The van der Waals surface area contributed by atoms with E-state index in [9.17, 15) is 9.90 Å². The second-order valence-electron chi connectivity index (χ2n) is 7.37. The van der Waals surface area contributed by atoms with E-state index in [0.29, 0.717) is 30.2 Å². The average Bonchev–Trinajstić information content (AvgIpc) is 2.48. The molecule has 2 N–H and O–H groups in total. The third-order valence-electron chi connectivity index (χ3n) is 5.82. The van der Waals surface area contributed by atoms with Crippen LogP contribution in [0.4, 0.5) is 0 Å². The van der Waals surface area contributed by atoms with Crippen molar-refractivity contribution in [3.8, 4) is 0 Å². The molecule has 24 heavy (non-hydrogen) atoms. The first kappa shape index (κ1) is 17.7. The predicted octanol–water partition coefficient (Wildman–Crippen LogP) is 2.74. The maximum Gasteiger partial charge on any atom is 0.286 e. The predicted molar refractivity (Wildman–Crippen MR) is 91.0 cm³/mol. The number of hydrogen-bond donors (Lipinski definition) is 2. The molecule has 136 valence electrons. The minimum atomic E-state index is -0.376. The lowest BCUT2D eigenvalue weighted by Gasteiger charge is -2.43. The molecule has 0 aromatic heterocycles. The van der Waals surface area contributed by atoms with Crippen molar-refractivity contribution in [1.29, 1.82) is 0 Å². The van der Waals surface area contributed by atoms with Gasteiger partial charge in [0.25, 0.3) is 5.91 Å². The highest BCUT2D eigenvalue weighted by Gasteiger charge is 2.42. The molecule has 0 radical (unpaired) electrons.